The first-order valence-corrected chi connectivity index (χ1v) is 12.9. The molecule has 0 aliphatic heterocycles. The molecule has 3 rings (SSSR count). The van der Waals surface area contributed by atoms with E-state index < -0.39 is 41.0 Å². The Morgan fingerprint density at radius 2 is 1.66 bits per heavy atom. The van der Waals surface area contributed by atoms with Gasteiger partial charge in [-0.05, 0) is 56.7 Å². The van der Waals surface area contributed by atoms with Gasteiger partial charge in [-0.15, -0.1) is 0 Å². The van der Waals surface area contributed by atoms with Crippen LogP contribution in [0.4, 0.5) is 26.3 Å². The molecule has 0 aliphatic carbocycles. The molecule has 210 valence electrons. The summed E-state index contributed by atoms with van der Waals surface area (Å²) in [6, 6.07) is 12.9. The SMILES string of the molecule is CCn1nc(-c2cccc(C(C)(C)NS(O)(NCC(F)(F)F)[OH+]C)c2)cc1Oc1ccc(C(F)(F)F)cc1. The molecule has 1 unspecified atom stereocenters. The molecule has 1 atom stereocenters. The monoisotopic (exact) mass is 567 g/mol. The van der Waals surface area contributed by atoms with Crippen LogP contribution in [-0.2, 0) is 18.3 Å². The van der Waals surface area contributed by atoms with Gasteiger partial charge in [-0.25, -0.2) is 9.23 Å². The highest BCUT2D eigenvalue weighted by molar-refractivity contribution is 8.21. The number of halogens is 6. The summed E-state index contributed by atoms with van der Waals surface area (Å²) >= 11 is 0. The summed E-state index contributed by atoms with van der Waals surface area (Å²) in [5.74, 6) is 0.514. The maximum atomic E-state index is 12.8. The van der Waals surface area contributed by atoms with Gasteiger partial charge < -0.3 is 4.74 Å². The quantitative estimate of drug-likeness (QED) is 0.192. The smallest absolute Gasteiger partial charge is 0.416 e. The Kier molecular flexibility index (Phi) is 8.73. The molecule has 0 aliphatic rings. The number of hydrogen-bond acceptors (Lipinski definition) is 5. The number of benzene rings is 2. The minimum atomic E-state index is -4.53. The summed E-state index contributed by atoms with van der Waals surface area (Å²) in [4.78, 5) is 0. The van der Waals surface area contributed by atoms with E-state index in [-0.39, 0.29) is 5.75 Å². The third-order valence-electron chi connectivity index (χ3n) is 5.46. The number of aromatic nitrogens is 2. The van der Waals surface area contributed by atoms with Gasteiger partial charge in [0, 0.05) is 29.1 Å². The molecule has 0 saturated heterocycles. The third kappa shape index (κ3) is 7.63. The van der Waals surface area contributed by atoms with Crippen LogP contribution in [0.2, 0.25) is 0 Å². The van der Waals surface area contributed by atoms with E-state index in [2.05, 4.69) is 18.7 Å². The van der Waals surface area contributed by atoms with Gasteiger partial charge >= 0.3 is 12.4 Å². The third-order valence-corrected chi connectivity index (χ3v) is 7.33. The number of rotatable bonds is 10. The van der Waals surface area contributed by atoms with Gasteiger partial charge in [-0.3, -0.25) is 4.18 Å². The lowest BCUT2D eigenvalue weighted by Crippen LogP contribution is -2.47. The molecular weight excluding hydrogens is 538 g/mol. The van der Waals surface area contributed by atoms with E-state index in [1.807, 2.05) is 6.92 Å². The van der Waals surface area contributed by atoms with Crippen LogP contribution in [0.25, 0.3) is 11.3 Å². The molecule has 14 heteroatoms. The summed E-state index contributed by atoms with van der Waals surface area (Å²) in [5.41, 5.74) is -0.0117. The van der Waals surface area contributed by atoms with Crippen LogP contribution in [0.15, 0.2) is 54.6 Å². The summed E-state index contributed by atoms with van der Waals surface area (Å²) in [6.07, 6.45) is -8.99. The number of ether oxygens (including phenoxy) is 1. The average Bonchev–Trinajstić information content (AvgIpc) is 3.25. The van der Waals surface area contributed by atoms with Gasteiger partial charge in [0.1, 0.15) is 12.3 Å². The molecule has 0 radical (unpaired) electrons. The van der Waals surface area contributed by atoms with Crippen LogP contribution in [0.1, 0.15) is 31.9 Å². The Morgan fingerprint density at radius 1 is 1.00 bits per heavy atom. The standard InChI is InChI=1S/C24H28F6N4O3S/c1-5-34-21(37-19-11-9-17(10-12-19)24(28,29)30)14-20(32-34)16-7-6-8-18(13-16)22(2,3)33-38(35,36-4)31-15-23(25,26)27/h6-14,31,33,35H,5,15H2,1-4H3/p+1. The van der Waals surface area contributed by atoms with Crippen molar-refractivity contribution in [3.8, 4) is 22.9 Å². The number of nitrogens with one attached hydrogen (secondary N) is 2. The summed E-state index contributed by atoms with van der Waals surface area (Å²) in [7, 11) is -2.14. The largest absolute Gasteiger partial charge is 0.439 e. The Bertz CT molecular complexity index is 1230. The predicted molar refractivity (Wildman–Crippen MR) is 133 cm³/mol. The maximum Gasteiger partial charge on any atom is 0.416 e. The number of alkyl halides is 6. The fourth-order valence-corrected chi connectivity index (χ4v) is 4.98. The number of aryl methyl sites for hydroxylation is 1. The van der Waals surface area contributed by atoms with E-state index >= 15 is 0 Å². The van der Waals surface area contributed by atoms with Crippen molar-refractivity contribution in [2.75, 3.05) is 13.7 Å². The summed E-state index contributed by atoms with van der Waals surface area (Å²) in [6.45, 7) is 4.20. The second-order valence-electron chi connectivity index (χ2n) is 8.78. The highest BCUT2D eigenvalue weighted by Gasteiger charge is 2.36. The molecule has 3 aromatic rings. The number of nitrogens with zero attached hydrogens (tertiary/aromatic N) is 2. The van der Waals surface area contributed by atoms with Crippen molar-refractivity contribution >= 4 is 11.0 Å². The van der Waals surface area contributed by atoms with Crippen molar-refractivity contribution in [3.05, 3.63) is 65.7 Å². The van der Waals surface area contributed by atoms with Crippen LogP contribution in [0.3, 0.4) is 0 Å². The first kappa shape index (κ1) is 29.8. The fourth-order valence-electron chi connectivity index (χ4n) is 3.49. The van der Waals surface area contributed by atoms with Crippen molar-refractivity contribution in [1.29, 1.82) is 0 Å². The van der Waals surface area contributed by atoms with Crippen LogP contribution < -0.4 is 14.2 Å². The zero-order chi connectivity index (χ0) is 28.4. The maximum absolute atomic E-state index is 12.8. The molecule has 0 spiro atoms. The Morgan fingerprint density at radius 3 is 2.21 bits per heavy atom. The number of hydrogen-bond donors (Lipinski definition) is 3. The Labute approximate surface area is 217 Å². The molecule has 0 saturated carbocycles. The molecular formula is C24H29F6N4O3S+. The first-order chi connectivity index (χ1) is 17.5. The summed E-state index contributed by atoms with van der Waals surface area (Å²) in [5, 5.41) is 4.51. The zero-order valence-corrected chi connectivity index (χ0v) is 21.8. The highest BCUT2D eigenvalue weighted by Crippen LogP contribution is 2.40. The lowest BCUT2D eigenvalue weighted by molar-refractivity contribution is -0.137. The van der Waals surface area contributed by atoms with E-state index in [9.17, 15) is 30.9 Å². The topological polar surface area (TPSA) is 84.1 Å². The second-order valence-corrected chi connectivity index (χ2v) is 10.7. The molecule has 0 bridgehead atoms. The Hall–Kier alpha value is -2.78. The molecule has 7 nitrogen and oxygen atoms in total. The molecule has 0 fully saturated rings. The van der Waals surface area contributed by atoms with E-state index in [4.69, 9.17) is 4.74 Å². The van der Waals surface area contributed by atoms with Gasteiger partial charge in [0.15, 0.2) is 7.11 Å². The van der Waals surface area contributed by atoms with Crippen molar-refractivity contribution in [3.63, 3.8) is 0 Å². The lowest BCUT2D eigenvalue weighted by atomic mass is 9.93. The van der Waals surface area contributed by atoms with Crippen molar-refractivity contribution in [2.45, 2.75) is 45.2 Å². The average molecular weight is 568 g/mol. The van der Waals surface area contributed by atoms with Gasteiger partial charge in [0.05, 0.1) is 16.8 Å². The van der Waals surface area contributed by atoms with Crippen LogP contribution in [-0.4, -0.2) is 38.3 Å². The summed E-state index contributed by atoms with van der Waals surface area (Å²) < 4.78 is 103. The van der Waals surface area contributed by atoms with Crippen molar-refractivity contribution in [1.82, 2.24) is 19.2 Å². The second kappa shape index (κ2) is 11.1. The van der Waals surface area contributed by atoms with Crippen LogP contribution in [0, 0.1) is 0 Å². The predicted octanol–water partition coefficient (Wildman–Crippen LogP) is 6.54. The number of aliphatic hydroxyl groups is 1. The van der Waals surface area contributed by atoms with Gasteiger partial charge in [0.2, 0.25) is 5.88 Å². The highest BCUT2D eigenvalue weighted by atomic mass is 32.3. The van der Waals surface area contributed by atoms with Crippen LogP contribution >= 0.6 is 11.0 Å². The Balaban J connectivity index is 1.84. The molecule has 1 aromatic heterocycles. The molecule has 2 aromatic carbocycles. The normalized spacial score (nSPS) is 15.2. The van der Waals surface area contributed by atoms with E-state index in [0.717, 1.165) is 12.1 Å². The molecule has 4 N–H and O–H groups in total. The zero-order valence-electron chi connectivity index (χ0n) is 21.0. The minimum Gasteiger partial charge on any atom is -0.439 e. The fraction of sp³-hybridized carbons (Fsp3) is 0.375. The van der Waals surface area contributed by atoms with Gasteiger partial charge in [-0.1, -0.05) is 18.2 Å². The van der Waals surface area contributed by atoms with E-state index in [0.29, 0.717) is 29.2 Å². The lowest BCUT2D eigenvalue weighted by Gasteiger charge is -2.40. The van der Waals surface area contributed by atoms with Crippen molar-refractivity contribution < 1.29 is 39.8 Å². The van der Waals surface area contributed by atoms with Gasteiger partial charge in [0.25, 0.3) is 0 Å². The van der Waals surface area contributed by atoms with Crippen molar-refractivity contribution in [2.24, 2.45) is 0 Å². The minimum absolute atomic E-state index is 0.204. The first-order valence-electron chi connectivity index (χ1n) is 11.4. The molecule has 1 heterocycles. The van der Waals surface area contributed by atoms with Gasteiger partial charge in [-0.2, -0.15) is 40.9 Å². The van der Waals surface area contributed by atoms with Crippen LogP contribution in [0.5, 0.6) is 11.6 Å². The molecule has 0 amide bonds. The van der Waals surface area contributed by atoms with E-state index in [1.54, 1.807) is 48.9 Å². The van der Waals surface area contributed by atoms with E-state index in [1.165, 1.54) is 19.2 Å². The molecule has 38 heavy (non-hydrogen) atoms.